The van der Waals surface area contributed by atoms with Crippen LogP contribution in [0.3, 0.4) is 0 Å². The van der Waals surface area contributed by atoms with Crippen LogP contribution in [0.25, 0.3) is 16.4 Å². The summed E-state index contributed by atoms with van der Waals surface area (Å²) < 4.78 is 6.50. The second kappa shape index (κ2) is 7.31. The van der Waals surface area contributed by atoms with Gasteiger partial charge in [-0.05, 0) is 19.1 Å². The molecule has 0 unspecified atom stereocenters. The lowest BCUT2D eigenvalue weighted by Gasteiger charge is -2.11. The second-order valence-corrected chi connectivity index (χ2v) is 6.33. The molecule has 0 aliphatic heterocycles. The van der Waals surface area contributed by atoms with E-state index in [1.807, 2.05) is 59.4 Å². The van der Waals surface area contributed by atoms with E-state index in [1.54, 1.807) is 6.92 Å². The molecule has 0 saturated carbocycles. The van der Waals surface area contributed by atoms with Crippen LogP contribution in [0.1, 0.15) is 16.6 Å². The minimum absolute atomic E-state index is 0.354. The highest BCUT2D eigenvalue weighted by molar-refractivity contribution is 7.16. The third-order valence-electron chi connectivity index (χ3n) is 3.60. The molecule has 128 valence electrons. The van der Waals surface area contributed by atoms with Gasteiger partial charge in [-0.2, -0.15) is 0 Å². The number of carbonyl (C=O) groups excluding carboxylic acids is 2. The van der Waals surface area contributed by atoms with Crippen molar-refractivity contribution in [1.82, 2.24) is 14.9 Å². The van der Waals surface area contributed by atoms with E-state index in [4.69, 9.17) is 0 Å². The smallest absolute Gasteiger partial charge is 0.328 e. The number of amides is 1. The van der Waals surface area contributed by atoms with Gasteiger partial charge in [-0.15, -0.1) is 0 Å². The number of nitrogens with zero attached hydrogens (tertiary/aromatic N) is 2. The van der Waals surface area contributed by atoms with Gasteiger partial charge < -0.3 is 14.6 Å². The van der Waals surface area contributed by atoms with Crippen molar-refractivity contribution in [3.63, 3.8) is 0 Å². The van der Waals surface area contributed by atoms with Gasteiger partial charge in [-0.3, -0.25) is 4.79 Å². The molecule has 1 aromatic carbocycles. The Morgan fingerprint density at radius 3 is 2.48 bits per heavy atom. The standard InChI is InChI=1S/C18H17N3O3S/c1-12(17(23)24-2)19-16(22)15-14(13-8-4-3-5-9-13)20-18(25-15)21-10-6-7-11-21/h3-12H,1-2H3,(H,19,22)/t12-/m1/s1. The van der Waals surface area contributed by atoms with E-state index in [0.717, 1.165) is 5.56 Å². The van der Waals surface area contributed by atoms with Crippen molar-refractivity contribution in [3.05, 3.63) is 59.7 Å². The van der Waals surface area contributed by atoms with Crippen molar-refractivity contribution < 1.29 is 14.3 Å². The molecule has 0 spiro atoms. The Morgan fingerprint density at radius 2 is 1.84 bits per heavy atom. The van der Waals surface area contributed by atoms with E-state index in [2.05, 4.69) is 15.0 Å². The summed E-state index contributed by atoms with van der Waals surface area (Å²) in [6, 6.07) is 12.5. The molecule has 1 atom stereocenters. The zero-order chi connectivity index (χ0) is 17.8. The van der Waals surface area contributed by atoms with Crippen LogP contribution in [-0.2, 0) is 9.53 Å². The molecule has 0 aliphatic carbocycles. The normalized spacial score (nSPS) is 11.8. The van der Waals surface area contributed by atoms with Crippen LogP contribution >= 0.6 is 11.3 Å². The molecule has 2 heterocycles. The fourth-order valence-corrected chi connectivity index (χ4v) is 3.28. The Bertz CT molecular complexity index is 872. The van der Waals surface area contributed by atoms with E-state index in [0.29, 0.717) is 15.7 Å². The van der Waals surface area contributed by atoms with Gasteiger partial charge in [0.2, 0.25) is 0 Å². The zero-order valence-electron chi connectivity index (χ0n) is 13.8. The number of aromatic nitrogens is 2. The predicted molar refractivity (Wildman–Crippen MR) is 95.8 cm³/mol. The molecule has 0 bridgehead atoms. The van der Waals surface area contributed by atoms with E-state index in [1.165, 1.54) is 18.4 Å². The monoisotopic (exact) mass is 355 g/mol. The van der Waals surface area contributed by atoms with E-state index in [9.17, 15) is 9.59 Å². The number of nitrogens with one attached hydrogen (secondary N) is 1. The summed E-state index contributed by atoms with van der Waals surface area (Å²) in [6.07, 6.45) is 3.73. The molecule has 0 saturated heterocycles. The van der Waals surface area contributed by atoms with Gasteiger partial charge in [0.25, 0.3) is 5.91 Å². The fraction of sp³-hybridized carbons (Fsp3) is 0.167. The van der Waals surface area contributed by atoms with Gasteiger partial charge in [0, 0.05) is 18.0 Å². The van der Waals surface area contributed by atoms with Crippen molar-refractivity contribution in [1.29, 1.82) is 0 Å². The van der Waals surface area contributed by atoms with Crippen LogP contribution in [0.15, 0.2) is 54.9 Å². The predicted octanol–water partition coefficient (Wildman–Crippen LogP) is 2.89. The molecule has 6 nitrogen and oxygen atoms in total. The maximum Gasteiger partial charge on any atom is 0.328 e. The lowest BCUT2D eigenvalue weighted by molar-refractivity contribution is -0.142. The van der Waals surface area contributed by atoms with Crippen molar-refractivity contribution in [2.45, 2.75) is 13.0 Å². The highest BCUT2D eigenvalue weighted by Crippen LogP contribution is 2.30. The lowest BCUT2D eigenvalue weighted by atomic mass is 10.1. The van der Waals surface area contributed by atoms with Crippen LogP contribution in [0.2, 0.25) is 0 Å². The summed E-state index contributed by atoms with van der Waals surface area (Å²) in [6.45, 7) is 1.58. The number of rotatable bonds is 5. The average Bonchev–Trinajstić information content (AvgIpc) is 3.31. The first-order chi connectivity index (χ1) is 12.1. The second-order valence-electron chi connectivity index (χ2n) is 5.35. The zero-order valence-corrected chi connectivity index (χ0v) is 14.6. The number of ether oxygens (including phenoxy) is 1. The van der Waals surface area contributed by atoms with E-state index < -0.39 is 12.0 Å². The van der Waals surface area contributed by atoms with Gasteiger partial charge >= 0.3 is 5.97 Å². The number of hydrogen-bond acceptors (Lipinski definition) is 5. The maximum atomic E-state index is 12.7. The summed E-state index contributed by atoms with van der Waals surface area (Å²) >= 11 is 1.27. The van der Waals surface area contributed by atoms with Crippen LogP contribution in [0.4, 0.5) is 0 Å². The minimum Gasteiger partial charge on any atom is -0.467 e. The molecule has 3 rings (SSSR count). The maximum absolute atomic E-state index is 12.7. The van der Waals surface area contributed by atoms with Crippen LogP contribution in [0.5, 0.6) is 0 Å². The first kappa shape index (κ1) is 16.9. The number of carbonyl (C=O) groups is 2. The molecule has 3 aromatic rings. The molecule has 0 fully saturated rings. The largest absolute Gasteiger partial charge is 0.467 e. The SMILES string of the molecule is COC(=O)[C@@H](C)NC(=O)c1sc(-n2cccc2)nc1-c1ccccc1. The average molecular weight is 355 g/mol. The van der Waals surface area contributed by atoms with E-state index >= 15 is 0 Å². The third kappa shape index (κ3) is 3.61. The summed E-state index contributed by atoms with van der Waals surface area (Å²) in [5.41, 5.74) is 1.43. The molecular weight excluding hydrogens is 338 g/mol. The van der Waals surface area contributed by atoms with Gasteiger partial charge in [-0.25, -0.2) is 9.78 Å². The molecule has 1 amide bonds. The number of thiazole rings is 1. The molecule has 1 N–H and O–H groups in total. The lowest BCUT2D eigenvalue weighted by Crippen LogP contribution is -2.39. The summed E-state index contributed by atoms with van der Waals surface area (Å²) in [7, 11) is 1.29. The minimum atomic E-state index is -0.738. The first-order valence-electron chi connectivity index (χ1n) is 7.68. The van der Waals surface area contributed by atoms with Gasteiger partial charge in [0.1, 0.15) is 10.9 Å². The molecular formula is C18H17N3O3S. The van der Waals surface area contributed by atoms with Crippen LogP contribution < -0.4 is 5.32 Å². The Morgan fingerprint density at radius 1 is 1.16 bits per heavy atom. The van der Waals surface area contributed by atoms with E-state index in [-0.39, 0.29) is 5.91 Å². The Balaban J connectivity index is 1.99. The van der Waals surface area contributed by atoms with Gasteiger partial charge in [0.15, 0.2) is 5.13 Å². The van der Waals surface area contributed by atoms with Crippen molar-refractivity contribution in [2.24, 2.45) is 0 Å². The topological polar surface area (TPSA) is 73.2 Å². The summed E-state index contributed by atoms with van der Waals surface area (Å²) in [5, 5.41) is 3.34. The number of hydrogen-bond donors (Lipinski definition) is 1. The number of methoxy groups -OCH3 is 1. The number of esters is 1. The first-order valence-corrected chi connectivity index (χ1v) is 8.50. The van der Waals surface area contributed by atoms with Gasteiger partial charge in [0.05, 0.1) is 12.8 Å². The van der Waals surface area contributed by atoms with Crippen molar-refractivity contribution in [3.8, 4) is 16.4 Å². The van der Waals surface area contributed by atoms with Gasteiger partial charge in [-0.1, -0.05) is 41.7 Å². The Kier molecular flexibility index (Phi) is 4.95. The van der Waals surface area contributed by atoms with Crippen LogP contribution in [0, 0.1) is 0 Å². The molecule has 0 aliphatic rings. The number of benzene rings is 1. The quantitative estimate of drug-likeness (QED) is 0.714. The van der Waals surface area contributed by atoms with Crippen molar-refractivity contribution in [2.75, 3.05) is 7.11 Å². The highest BCUT2D eigenvalue weighted by atomic mass is 32.1. The fourth-order valence-electron chi connectivity index (χ4n) is 2.32. The third-order valence-corrected chi connectivity index (χ3v) is 4.66. The molecule has 2 aromatic heterocycles. The van der Waals surface area contributed by atoms with Crippen LogP contribution in [-0.4, -0.2) is 34.6 Å². The Labute approximate surface area is 149 Å². The molecule has 7 heteroatoms. The van der Waals surface area contributed by atoms with Crippen molar-refractivity contribution >= 4 is 23.2 Å². The molecule has 0 radical (unpaired) electrons. The highest BCUT2D eigenvalue weighted by Gasteiger charge is 2.23. The Hall–Kier alpha value is -2.93. The summed E-state index contributed by atoms with van der Waals surface area (Å²) in [4.78, 5) is 29.3. The molecule has 25 heavy (non-hydrogen) atoms. The summed E-state index contributed by atoms with van der Waals surface area (Å²) in [5.74, 6) is -0.850.